The van der Waals surface area contributed by atoms with Gasteiger partial charge in [-0.3, -0.25) is 4.79 Å². The van der Waals surface area contributed by atoms with Crippen molar-refractivity contribution in [2.45, 2.75) is 56.7 Å². The summed E-state index contributed by atoms with van der Waals surface area (Å²) >= 11 is 1.03. The molecule has 196 valence electrons. The molecule has 0 spiro atoms. The minimum Gasteiger partial charge on any atom is -0.497 e. The number of carbonyl (C=O) groups excluding carboxylic acids is 1. The van der Waals surface area contributed by atoms with E-state index in [0.29, 0.717) is 37.8 Å². The normalized spacial score (nSPS) is 16.9. The van der Waals surface area contributed by atoms with E-state index in [4.69, 9.17) is 4.74 Å². The van der Waals surface area contributed by atoms with Crippen molar-refractivity contribution in [3.8, 4) is 5.75 Å². The monoisotopic (exact) mass is 515 g/mol. The molecule has 1 amide bonds. The quantitative estimate of drug-likeness (QED) is 0.320. The molecule has 0 radical (unpaired) electrons. The summed E-state index contributed by atoms with van der Waals surface area (Å²) < 4.78 is 7.99. The molecule has 2 aromatic carbocycles. The molecule has 1 saturated heterocycles. The van der Waals surface area contributed by atoms with Gasteiger partial charge >= 0.3 is 5.97 Å². The number of likely N-dealkylation sites (tertiary alicyclic amines) is 1. The van der Waals surface area contributed by atoms with E-state index in [1.807, 2.05) is 57.2 Å². The molecule has 1 N–H and O–H groups in total. The van der Waals surface area contributed by atoms with Crippen molar-refractivity contribution >= 4 is 34.6 Å². The van der Waals surface area contributed by atoms with Gasteiger partial charge in [-0.15, -0.1) is 4.91 Å². The van der Waals surface area contributed by atoms with Gasteiger partial charge in [0.2, 0.25) is 5.91 Å². The minimum atomic E-state index is -1.45. The Morgan fingerprint density at radius 2 is 1.81 bits per heavy atom. The number of hydrogen-bond acceptors (Lipinski definition) is 7. The van der Waals surface area contributed by atoms with E-state index < -0.39 is 11.5 Å². The SMILES string of the molecule is CCC[C@@](C(=O)O)(c1ccc2cc(OC)ccc2c1)N(C)C(=O)C1CCN(CC(C)(C)SN=O)CC1. The zero-order chi connectivity index (χ0) is 26.5. The molecule has 0 saturated carbocycles. The highest BCUT2D eigenvalue weighted by Gasteiger charge is 2.47. The summed E-state index contributed by atoms with van der Waals surface area (Å²) in [6, 6.07) is 11.3. The first-order valence-corrected chi connectivity index (χ1v) is 13.2. The Bertz CT molecular complexity index is 1100. The molecular weight excluding hydrogens is 478 g/mol. The summed E-state index contributed by atoms with van der Waals surface area (Å²) in [5, 5.41) is 12.4. The first-order chi connectivity index (χ1) is 17.1. The fourth-order valence-corrected chi connectivity index (χ4v) is 5.76. The number of carboxylic acids is 1. The number of carboxylic acid groups (broad SMARTS) is 1. The lowest BCUT2D eigenvalue weighted by molar-refractivity contribution is -0.161. The van der Waals surface area contributed by atoms with Crippen LogP contribution in [0, 0.1) is 10.8 Å². The lowest BCUT2D eigenvalue weighted by atomic mass is 9.81. The van der Waals surface area contributed by atoms with E-state index in [9.17, 15) is 19.6 Å². The topological polar surface area (TPSA) is 99.5 Å². The van der Waals surface area contributed by atoms with Gasteiger partial charge in [0.1, 0.15) is 5.75 Å². The molecule has 36 heavy (non-hydrogen) atoms. The number of rotatable bonds is 11. The third-order valence-electron chi connectivity index (χ3n) is 7.22. The number of nitroso groups, excluding NO2 is 1. The third-order valence-corrected chi connectivity index (χ3v) is 7.92. The second-order valence-electron chi connectivity index (χ2n) is 10.2. The summed E-state index contributed by atoms with van der Waals surface area (Å²) in [5.41, 5.74) is -0.853. The van der Waals surface area contributed by atoms with Crippen molar-refractivity contribution in [1.82, 2.24) is 9.80 Å². The molecule has 1 atom stereocenters. The predicted molar refractivity (Wildman–Crippen MR) is 144 cm³/mol. The van der Waals surface area contributed by atoms with Crippen LogP contribution >= 0.6 is 11.9 Å². The molecular formula is C27H37N3O5S. The van der Waals surface area contributed by atoms with E-state index >= 15 is 0 Å². The molecule has 2 aromatic rings. The second kappa shape index (κ2) is 11.6. The number of benzene rings is 2. The molecule has 0 unspecified atom stereocenters. The Morgan fingerprint density at radius 1 is 1.17 bits per heavy atom. The smallest absolute Gasteiger partial charge is 0.334 e. The first kappa shape index (κ1) is 27.9. The van der Waals surface area contributed by atoms with Crippen molar-refractivity contribution < 1.29 is 19.4 Å². The zero-order valence-corrected chi connectivity index (χ0v) is 22.6. The van der Waals surface area contributed by atoms with Gasteiger partial charge in [0, 0.05) is 40.8 Å². The largest absolute Gasteiger partial charge is 0.497 e. The number of fused-ring (bicyclic) bond motifs is 1. The third kappa shape index (κ3) is 5.83. The van der Waals surface area contributed by atoms with Crippen LogP contribution < -0.4 is 4.74 Å². The number of nitrogens with zero attached hydrogens (tertiary/aromatic N) is 3. The van der Waals surface area contributed by atoms with E-state index in [2.05, 4.69) is 9.48 Å². The maximum atomic E-state index is 13.7. The van der Waals surface area contributed by atoms with Gasteiger partial charge in [0.05, 0.1) is 7.11 Å². The molecule has 0 bridgehead atoms. The van der Waals surface area contributed by atoms with Crippen LogP contribution in [0.2, 0.25) is 0 Å². The number of ether oxygens (including phenoxy) is 1. The number of piperidine rings is 1. The molecule has 0 aliphatic carbocycles. The van der Waals surface area contributed by atoms with Crippen LogP contribution in [0.25, 0.3) is 10.8 Å². The van der Waals surface area contributed by atoms with Crippen molar-refractivity contribution in [2.24, 2.45) is 10.5 Å². The van der Waals surface area contributed by atoms with Gasteiger partial charge in [-0.25, -0.2) is 4.79 Å². The minimum absolute atomic E-state index is 0.136. The lowest BCUT2D eigenvalue weighted by Gasteiger charge is -2.42. The van der Waals surface area contributed by atoms with Gasteiger partial charge in [0.25, 0.3) is 0 Å². The van der Waals surface area contributed by atoms with Gasteiger partial charge < -0.3 is 19.6 Å². The van der Waals surface area contributed by atoms with Crippen molar-refractivity contribution in [2.75, 3.05) is 33.8 Å². The standard InChI is InChI=1S/C27H37N3O5S/c1-6-13-27(25(32)33,22-9-7-21-17-23(35-5)10-8-20(21)16-22)29(4)24(31)19-11-14-30(15-12-19)18-26(2,3)36-28-34/h7-10,16-17,19H,6,11-15,18H2,1-5H3,(H,32,33)/t27-/m0/s1. The Kier molecular flexibility index (Phi) is 9.00. The maximum Gasteiger partial charge on any atom is 0.334 e. The molecule has 8 nitrogen and oxygen atoms in total. The highest BCUT2D eigenvalue weighted by Crippen LogP contribution is 2.38. The van der Waals surface area contributed by atoms with Crippen LogP contribution in [-0.2, 0) is 15.1 Å². The van der Waals surface area contributed by atoms with E-state index in [-0.39, 0.29) is 16.6 Å². The van der Waals surface area contributed by atoms with Gasteiger partial charge in [-0.1, -0.05) is 31.5 Å². The van der Waals surface area contributed by atoms with Crippen LogP contribution in [0.5, 0.6) is 5.75 Å². The van der Waals surface area contributed by atoms with Gasteiger partial charge in [-0.05, 0) is 80.7 Å². The number of amides is 1. The van der Waals surface area contributed by atoms with Crippen LogP contribution in [0.15, 0.2) is 41.0 Å². The Labute approximate surface area is 217 Å². The maximum absolute atomic E-state index is 13.7. The van der Waals surface area contributed by atoms with Crippen LogP contribution in [-0.4, -0.2) is 65.3 Å². The molecule has 1 heterocycles. The molecule has 3 rings (SSSR count). The highest BCUT2D eigenvalue weighted by atomic mass is 32.2. The van der Waals surface area contributed by atoms with Crippen LogP contribution in [0.1, 0.15) is 52.0 Å². The van der Waals surface area contributed by atoms with Crippen molar-refractivity contribution in [3.05, 3.63) is 46.9 Å². The number of methoxy groups -OCH3 is 1. The Morgan fingerprint density at radius 3 is 2.39 bits per heavy atom. The zero-order valence-electron chi connectivity index (χ0n) is 21.8. The lowest BCUT2D eigenvalue weighted by Crippen LogP contribution is -2.55. The molecule has 1 fully saturated rings. The second-order valence-corrected chi connectivity index (χ2v) is 11.7. The van der Waals surface area contributed by atoms with Crippen LogP contribution in [0.3, 0.4) is 0 Å². The summed E-state index contributed by atoms with van der Waals surface area (Å²) in [4.78, 5) is 41.0. The number of likely N-dealkylation sites (N-methyl/N-ethyl adjacent to an activating group) is 1. The number of hydrogen-bond donors (Lipinski definition) is 1. The van der Waals surface area contributed by atoms with Crippen molar-refractivity contribution in [3.63, 3.8) is 0 Å². The molecule has 1 aliphatic heterocycles. The van der Waals surface area contributed by atoms with Crippen LogP contribution in [0.4, 0.5) is 0 Å². The average Bonchev–Trinajstić information content (AvgIpc) is 2.85. The molecule has 9 heteroatoms. The summed E-state index contributed by atoms with van der Waals surface area (Å²) in [5.74, 6) is -0.669. The van der Waals surface area contributed by atoms with Crippen molar-refractivity contribution in [1.29, 1.82) is 0 Å². The highest BCUT2D eigenvalue weighted by molar-refractivity contribution is 7.99. The fraction of sp³-hybridized carbons (Fsp3) is 0.556. The summed E-state index contributed by atoms with van der Waals surface area (Å²) in [6.45, 7) is 8.05. The van der Waals surface area contributed by atoms with Gasteiger partial charge in [0.15, 0.2) is 5.54 Å². The predicted octanol–water partition coefficient (Wildman–Crippen LogP) is 5.29. The Balaban J connectivity index is 1.85. The molecule has 0 aromatic heterocycles. The first-order valence-electron chi connectivity index (χ1n) is 12.4. The van der Waals surface area contributed by atoms with Gasteiger partial charge in [-0.2, -0.15) is 0 Å². The summed E-state index contributed by atoms with van der Waals surface area (Å²) in [7, 11) is 3.24. The number of aliphatic carboxylic acids is 1. The van der Waals surface area contributed by atoms with E-state index in [1.165, 1.54) is 4.90 Å². The average molecular weight is 516 g/mol. The fourth-order valence-electron chi connectivity index (χ4n) is 5.32. The Hall–Kier alpha value is -2.65. The van der Waals surface area contributed by atoms with E-state index in [0.717, 1.165) is 41.6 Å². The molecule has 1 aliphatic rings. The van der Waals surface area contributed by atoms with E-state index in [1.54, 1.807) is 14.2 Å². The number of carbonyl (C=O) groups is 2. The summed E-state index contributed by atoms with van der Waals surface area (Å²) in [6.07, 6.45) is 2.23.